The molecule has 210 valence electrons. The van der Waals surface area contributed by atoms with E-state index in [-0.39, 0.29) is 18.0 Å². The normalized spacial score (nSPS) is 21.6. The molecule has 2 amide bonds. The molecule has 7 nitrogen and oxygen atoms in total. The number of benzene rings is 2. The summed E-state index contributed by atoms with van der Waals surface area (Å²) < 4.78 is 6.15. The first-order chi connectivity index (χ1) is 19.0. The molecule has 3 aromatic rings. The molecule has 0 spiro atoms. The number of cyclic esters (lactones) is 1. The molecule has 1 aromatic heterocycles. The first kappa shape index (κ1) is 27.8. The first-order valence-electron chi connectivity index (χ1n) is 14.2. The molecule has 5 rings (SSSR count). The maximum atomic E-state index is 13.4. The quantitative estimate of drug-likeness (QED) is 0.364. The highest BCUT2D eigenvalue weighted by molar-refractivity contribution is 5.86. The minimum Gasteiger partial charge on any atom is -0.438 e. The predicted molar refractivity (Wildman–Crippen MR) is 154 cm³/mol. The molecule has 2 unspecified atom stereocenters. The van der Waals surface area contributed by atoms with E-state index in [2.05, 4.69) is 4.98 Å². The zero-order valence-corrected chi connectivity index (χ0v) is 23.6. The predicted octanol–water partition coefficient (Wildman–Crippen LogP) is 6.01. The van der Waals surface area contributed by atoms with Gasteiger partial charge in [0.2, 0.25) is 5.91 Å². The standard InChI is InChI=1S/C33H39N3O4/c1-23(36-20-19-33(40-30(36)38,22-31(2,3)39)27-9-5-4-6-10-27)24-11-13-25(14-12-24)26-15-16-28(35-21-26)32(29(34)37)17-7-8-18-32/h4-6,9-16,21,23,39H,7-8,17-20,22H2,1-3H3,(H2,34,37). The van der Waals surface area contributed by atoms with Gasteiger partial charge in [-0.1, -0.05) is 73.5 Å². The Bertz CT molecular complexity index is 1340. The molecule has 1 aliphatic carbocycles. The lowest BCUT2D eigenvalue weighted by Gasteiger charge is -2.45. The van der Waals surface area contributed by atoms with Crippen molar-refractivity contribution in [2.24, 2.45) is 5.73 Å². The highest BCUT2D eigenvalue weighted by Gasteiger charge is 2.46. The van der Waals surface area contributed by atoms with Crippen LogP contribution in [0.2, 0.25) is 0 Å². The smallest absolute Gasteiger partial charge is 0.411 e. The lowest BCUT2D eigenvalue weighted by molar-refractivity contribution is -0.123. The van der Waals surface area contributed by atoms with Crippen LogP contribution in [-0.4, -0.2) is 39.1 Å². The van der Waals surface area contributed by atoms with Crippen molar-refractivity contribution in [1.82, 2.24) is 9.88 Å². The summed E-state index contributed by atoms with van der Waals surface area (Å²) in [5.74, 6) is -0.291. The molecule has 2 aromatic carbocycles. The van der Waals surface area contributed by atoms with Gasteiger partial charge in [0, 0.05) is 31.1 Å². The van der Waals surface area contributed by atoms with Crippen LogP contribution in [0, 0.1) is 0 Å². The summed E-state index contributed by atoms with van der Waals surface area (Å²) in [6, 6.07) is 21.6. The van der Waals surface area contributed by atoms with Gasteiger partial charge in [-0.2, -0.15) is 0 Å². The van der Waals surface area contributed by atoms with Crippen molar-refractivity contribution >= 4 is 12.0 Å². The van der Waals surface area contributed by atoms with E-state index in [1.165, 1.54) is 0 Å². The molecule has 7 heteroatoms. The molecule has 0 radical (unpaired) electrons. The van der Waals surface area contributed by atoms with Gasteiger partial charge in [-0.25, -0.2) is 4.79 Å². The van der Waals surface area contributed by atoms with Crippen molar-refractivity contribution in [3.05, 3.63) is 89.7 Å². The summed E-state index contributed by atoms with van der Waals surface area (Å²) in [6.45, 7) is 6.01. The van der Waals surface area contributed by atoms with Crippen LogP contribution in [0.15, 0.2) is 72.9 Å². The summed E-state index contributed by atoms with van der Waals surface area (Å²) in [5, 5.41) is 10.6. The fraction of sp³-hybridized carbons (Fsp3) is 0.424. The van der Waals surface area contributed by atoms with Crippen molar-refractivity contribution < 1.29 is 19.4 Å². The highest BCUT2D eigenvalue weighted by atomic mass is 16.6. The van der Waals surface area contributed by atoms with Crippen LogP contribution >= 0.6 is 0 Å². The fourth-order valence-electron chi connectivity index (χ4n) is 6.48. The maximum absolute atomic E-state index is 13.4. The molecule has 0 bridgehead atoms. The molecule has 2 heterocycles. The van der Waals surface area contributed by atoms with Crippen molar-refractivity contribution in [3.63, 3.8) is 0 Å². The average molecular weight is 542 g/mol. The summed E-state index contributed by atoms with van der Waals surface area (Å²) >= 11 is 0. The van der Waals surface area contributed by atoms with Gasteiger partial charge in [0.15, 0.2) is 0 Å². The Morgan fingerprint density at radius 3 is 2.23 bits per heavy atom. The zero-order chi connectivity index (χ0) is 28.5. The largest absolute Gasteiger partial charge is 0.438 e. The lowest BCUT2D eigenvalue weighted by Crippen LogP contribution is -2.51. The highest BCUT2D eigenvalue weighted by Crippen LogP contribution is 2.43. The van der Waals surface area contributed by atoms with Crippen LogP contribution in [-0.2, 0) is 20.5 Å². The minimum absolute atomic E-state index is 0.184. The van der Waals surface area contributed by atoms with E-state index in [1.807, 2.05) is 79.9 Å². The van der Waals surface area contributed by atoms with E-state index < -0.39 is 16.6 Å². The Hall–Kier alpha value is -3.71. The fourth-order valence-corrected chi connectivity index (χ4v) is 6.48. The Balaban J connectivity index is 1.30. The molecule has 3 N–H and O–H groups in total. The monoisotopic (exact) mass is 541 g/mol. The second kappa shape index (κ2) is 10.7. The third-order valence-electron chi connectivity index (χ3n) is 8.67. The van der Waals surface area contributed by atoms with E-state index >= 15 is 0 Å². The Morgan fingerprint density at radius 1 is 1.02 bits per heavy atom. The number of pyridine rings is 1. The van der Waals surface area contributed by atoms with Crippen LogP contribution in [0.4, 0.5) is 4.79 Å². The molecule has 1 aliphatic heterocycles. The Morgan fingerprint density at radius 2 is 1.68 bits per heavy atom. The van der Waals surface area contributed by atoms with Crippen LogP contribution in [0.25, 0.3) is 11.1 Å². The van der Waals surface area contributed by atoms with Crippen molar-refractivity contribution in [3.8, 4) is 11.1 Å². The maximum Gasteiger partial charge on any atom is 0.411 e. The number of aromatic nitrogens is 1. The summed E-state index contributed by atoms with van der Waals surface area (Å²) in [4.78, 5) is 32.0. The van der Waals surface area contributed by atoms with E-state index in [9.17, 15) is 14.7 Å². The number of amides is 2. The zero-order valence-electron chi connectivity index (χ0n) is 23.6. The molecule has 2 atom stereocenters. The Labute approximate surface area is 236 Å². The van der Waals surface area contributed by atoms with E-state index in [0.717, 1.165) is 53.6 Å². The number of carbonyl (C=O) groups excluding carboxylic acids is 2. The van der Waals surface area contributed by atoms with Gasteiger partial charge < -0.3 is 20.5 Å². The van der Waals surface area contributed by atoms with Crippen LogP contribution in [0.1, 0.15) is 82.2 Å². The van der Waals surface area contributed by atoms with Crippen molar-refractivity contribution in [1.29, 1.82) is 0 Å². The van der Waals surface area contributed by atoms with E-state index in [4.69, 9.17) is 10.5 Å². The molecule has 2 aliphatic rings. The molecule has 1 saturated heterocycles. The third-order valence-corrected chi connectivity index (χ3v) is 8.67. The van der Waals surface area contributed by atoms with Gasteiger partial charge in [-0.05, 0) is 56.4 Å². The van der Waals surface area contributed by atoms with Gasteiger partial charge in [-0.15, -0.1) is 0 Å². The van der Waals surface area contributed by atoms with Gasteiger partial charge in [-0.3, -0.25) is 9.78 Å². The van der Waals surface area contributed by atoms with Gasteiger partial charge in [0.1, 0.15) is 5.60 Å². The molecule has 2 fully saturated rings. The third kappa shape index (κ3) is 5.35. The van der Waals surface area contributed by atoms with Crippen molar-refractivity contribution in [2.45, 2.75) is 82.0 Å². The SMILES string of the molecule is CC(c1ccc(-c2ccc(C3(C(N)=O)CCCC3)nc2)cc1)N1CCC(CC(C)(C)O)(c2ccccc2)OC1=O. The Kier molecular flexibility index (Phi) is 7.44. The van der Waals surface area contributed by atoms with Gasteiger partial charge >= 0.3 is 6.09 Å². The number of ether oxygens (including phenoxy) is 1. The topological polar surface area (TPSA) is 106 Å². The molecular weight excluding hydrogens is 502 g/mol. The number of aliphatic hydroxyl groups is 1. The van der Waals surface area contributed by atoms with Crippen molar-refractivity contribution in [2.75, 3.05) is 6.54 Å². The number of nitrogens with two attached hydrogens (primary N) is 1. The van der Waals surface area contributed by atoms with Crippen LogP contribution in [0.5, 0.6) is 0 Å². The summed E-state index contributed by atoms with van der Waals surface area (Å²) in [7, 11) is 0. The van der Waals surface area contributed by atoms with E-state index in [1.54, 1.807) is 18.7 Å². The second-order valence-electron chi connectivity index (χ2n) is 12.0. The minimum atomic E-state index is -0.996. The first-order valence-corrected chi connectivity index (χ1v) is 14.2. The van der Waals surface area contributed by atoms with Gasteiger partial charge in [0.25, 0.3) is 0 Å². The average Bonchev–Trinajstić information content (AvgIpc) is 3.44. The number of hydrogen-bond donors (Lipinski definition) is 2. The molecular formula is C33H39N3O4. The summed E-state index contributed by atoms with van der Waals surface area (Å²) in [5.41, 5.74) is 7.87. The number of nitrogens with zero attached hydrogens (tertiary/aromatic N) is 2. The number of primary amides is 1. The van der Waals surface area contributed by atoms with E-state index in [0.29, 0.717) is 19.4 Å². The number of carbonyl (C=O) groups is 2. The van der Waals surface area contributed by atoms with Crippen LogP contribution in [0.3, 0.4) is 0 Å². The van der Waals surface area contributed by atoms with Crippen LogP contribution < -0.4 is 5.73 Å². The number of rotatable bonds is 8. The molecule has 1 saturated carbocycles. The second-order valence-corrected chi connectivity index (χ2v) is 12.0. The number of hydrogen-bond acceptors (Lipinski definition) is 5. The van der Waals surface area contributed by atoms with Gasteiger partial charge in [0.05, 0.1) is 22.8 Å². The lowest BCUT2D eigenvalue weighted by atomic mass is 9.80. The summed E-state index contributed by atoms with van der Waals surface area (Å²) in [6.07, 6.45) is 5.82. The molecule has 40 heavy (non-hydrogen) atoms.